The van der Waals surface area contributed by atoms with Crippen LogP contribution in [0.2, 0.25) is 0 Å². The first-order valence-electron chi connectivity index (χ1n) is 7.85. The molecular formula is C20H22O4. The third-order valence-corrected chi connectivity index (χ3v) is 3.43. The predicted molar refractivity (Wildman–Crippen MR) is 95.1 cm³/mol. The Bertz CT molecular complexity index is 719. The molecule has 2 aromatic carbocycles. The van der Waals surface area contributed by atoms with Gasteiger partial charge in [0.1, 0.15) is 5.75 Å². The minimum Gasteiger partial charge on any atom is -0.497 e. The number of carbonyl (C=O) groups is 1. The molecule has 0 saturated heterocycles. The number of hydrogen-bond donors (Lipinski definition) is 0. The van der Waals surface area contributed by atoms with Gasteiger partial charge < -0.3 is 14.2 Å². The van der Waals surface area contributed by atoms with Gasteiger partial charge in [-0.1, -0.05) is 31.2 Å². The zero-order valence-electron chi connectivity index (χ0n) is 14.2. The largest absolute Gasteiger partial charge is 0.497 e. The van der Waals surface area contributed by atoms with E-state index in [1.165, 1.54) is 6.08 Å². The molecule has 2 rings (SSSR count). The Morgan fingerprint density at radius 1 is 1.04 bits per heavy atom. The summed E-state index contributed by atoms with van der Waals surface area (Å²) in [4.78, 5) is 12.3. The van der Waals surface area contributed by atoms with Gasteiger partial charge in [0.15, 0.2) is 17.3 Å². The molecule has 0 bridgehead atoms. The second-order valence-corrected chi connectivity index (χ2v) is 5.19. The molecule has 4 heteroatoms. The maximum Gasteiger partial charge on any atom is 0.185 e. The molecule has 0 atom stereocenters. The van der Waals surface area contributed by atoms with Crippen LogP contribution < -0.4 is 14.2 Å². The lowest BCUT2D eigenvalue weighted by Gasteiger charge is -2.10. The van der Waals surface area contributed by atoms with Gasteiger partial charge in [0.25, 0.3) is 0 Å². The molecule has 0 saturated carbocycles. The van der Waals surface area contributed by atoms with Crippen molar-refractivity contribution in [2.45, 2.75) is 13.3 Å². The van der Waals surface area contributed by atoms with Gasteiger partial charge in [-0.25, -0.2) is 0 Å². The van der Waals surface area contributed by atoms with Crippen LogP contribution in [0.4, 0.5) is 0 Å². The first-order valence-corrected chi connectivity index (χ1v) is 7.85. The number of ether oxygens (including phenoxy) is 3. The molecule has 24 heavy (non-hydrogen) atoms. The predicted octanol–water partition coefficient (Wildman–Crippen LogP) is 4.39. The van der Waals surface area contributed by atoms with Crippen molar-refractivity contribution < 1.29 is 19.0 Å². The lowest BCUT2D eigenvalue weighted by atomic mass is 10.1. The van der Waals surface area contributed by atoms with E-state index in [9.17, 15) is 4.79 Å². The highest BCUT2D eigenvalue weighted by Crippen LogP contribution is 2.28. The van der Waals surface area contributed by atoms with Gasteiger partial charge in [-0.05, 0) is 42.3 Å². The van der Waals surface area contributed by atoms with Gasteiger partial charge >= 0.3 is 0 Å². The number of hydrogen-bond acceptors (Lipinski definition) is 4. The van der Waals surface area contributed by atoms with Crippen molar-refractivity contribution in [3.8, 4) is 17.2 Å². The molecule has 126 valence electrons. The summed E-state index contributed by atoms with van der Waals surface area (Å²) in [5.74, 6) is 1.93. The van der Waals surface area contributed by atoms with E-state index in [1.807, 2.05) is 25.1 Å². The number of benzene rings is 2. The Morgan fingerprint density at radius 3 is 2.58 bits per heavy atom. The van der Waals surface area contributed by atoms with Crippen LogP contribution in [0.3, 0.4) is 0 Å². The fraction of sp³-hybridized carbons (Fsp3) is 0.250. The number of allylic oxidation sites excluding steroid dienone is 1. The Balaban J connectivity index is 2.14. The minimum atomic E-state index is -0.0841. The summed E-state index contributed by atoms with van der Waals surface area (Å²) >= 11 is 0. The van der Waals surface area contributed by atoms with Gasteiger partial charge in [0.2, 0.25) is 0 Å². The summed E-state index contributed by atoms with van der Waals surface area (Å²) in [5.41, 5.74) is 1.45. The molecule has 0 unspecified atom stereocenters. The van der Waals surface area contributed by atoms with E-state index in [-0.39, 0.29) is 5.78 Å². The molecule has 4 nitrogen and oxygen atoms in total. The van der Waals surface area contributed by atoms with E-state index >= 15 is 0 Å². The Kier molecular flexibility index (Phi) is 6.43. The molecule has 0 amide bonds. The van der Waals surface area contributed by atoms with Crippen LogP contribution in [0.5, 0.6) is 17.2 Å². The zero-order chi connectivity index (χ0) is 17.4. The Labute approximate surface area is 142 Å². The average Bonchev–Trinajstić information content (AvgIpc) is 2.64. The molecule has 0 aliphatic rings. The number of rotatable bonds is 8. The van der Waals surface area contributed by atoms with Crippen molar-refractivity contribution in [1.29, 1.82) is 0 Å². The van der Waals surface area contributed by atoms with Crippen LogP contribution in [0.25, 0.3) is 6.08 Å². The summed E-state index contributed by atoms with van der Waals surface area (Å²) < 4.78 is 16.1. The summed E-state index contributed by atoms with van der Waals surface area (Å²) in [6.45, 7) is 2.69. The molecule has 0 spiro atoms. The highest BCUT2D eigenvalue weighted by atomic mass is 16.5. The summed E-state index contributed by atoms with van der Waals surface area (Å²) in [6, 6.07) is 12.7. The summed E-state index contributed by atoms with van der Waals surface area (Å²) in [5, 5.41) is 0. The van der Waals surface area contributed by atoms with Gasteiger partial charge in [0, 0.05) is 5.56 Å². The third-order valence-electron chi connectivity index (χ3n) is 3.43. The van der Waals surface area contributed by atoms with E-state index < -0.39 is 0 Å². The second-order valence-electron chi connectivity index (χ2n) is 5.19. The van der Waals surface area contributed by atoms with Crippen molar-refractivity contribution in [2.75, 3.05) is 20.8 Å². The summed E-state index contributed by atoms with van der Waals surface area (Å²) in [6.07, 6.45) is 4.23. The lowest BCUT2D eigenvalue weighted by Crippen LogP contribution is -1.98. The van der Waals surface area contributed by atoms with Gasteiger partial charge in [-0.3, -0.25) is 4.79 Å². The van der Waals surface area contributed by atoms with Gasteiger partial charge in [0.05, 0.1) is 20.8 Å². The molecule has 0 heterocycles. The van der Waals surface area contributed by atoms with E-state index in [0.717, 1.165) is 12.0 Å². The first kappa shape index (κ1) is 17.6. The lowest BCUT2D eigenvalue weighted by molar-refractivity contribution is 0.104. The SMILES string of the molecule is CCCOc1ccc(C=CC(=O)c2cccc(OC)c2)cc1OC. The molecule has 0 fully saturated rings. The fourth-order valence-corrected chi connectivity index (χ4v) is 2.16. The standard InChI is InChI=1S/C20H22O4/c1-4-12-24-19-11-9-15(13-20(19)23-3)8-10-18(21)16-6-5-7-17(14-16)22-2/h5-11,13-14H,4,12H2,1-3H3. The van der Waals surface area contributed by atoms with Gasteiger partial charge in [-0.2, -0.15) is 0 Å². The Morgan fingerprint density at radius 2 is 1.88 bits per heavy atom. The van der Waals surface area contributed by atoms with Crippen LogP contribution in [-0.4, -0.2) is 26.6 Å². The van der Waals surface area contributed by atoms with Crippen LogP contribution in [0.1, 0.15) is 29.3 Å². The number of methoxy groups -OCH3 is 2. The molecule has 0 radical (unpaired) electrons. The maximum absolute atomic E-state index is 12.3. The molecule has 0 aliphatic carbocycles. The molecule has 0 aromatic heterocycles. The van der Waals surface area contributed by atoms with Crippen LogP contribution in [0.15, 0.2) is 48.5 Å². The maximum atomic E-state index is 12.3. The number of carbonyl (C=O) groups excluding carboxylic acids is 1. The number of ketones is 1. The molecule has 0 N–H and O–H groups in total. The van der Waals surface area contributed by atoms with E-state index in [4.69, 9.17) is 14.2 Å². The Hall–Kier alpha value is -2.75. The highest BCUT2D eigenvalue weighted by Gasteiger charge is 2.06. The van der Waals surface area contributed by atoms with Gasteiger partial charge in [-0.15, -0.1) is 0 Å². The van der Waals surface area contributed by atoms with Crippen molar-refractivity contribution >= 4 is 11.9 Å². The van der Waals surface area contributed by atoms with Crippen molar-refractivity contribution in [3.05, 3.63) is 59.7 Å². The summed E-state index contributed by atoms with van der Waals surface area (Å²) in [7, 11) is 3.18. The third kappa shape index (κ3) is 4.62. The first-order chi connectivity index (χ1) is 11.7. The molecule has 2 aromatic rings. The monoisotopic (exact) mass is 326 g/mol. The second kappa shape index (κ2) is 8.77. The van der Waals surface area contributed by atoms with Crippen molar-refractivity contribution in [3.63, 3.8) is 0 Å². The molecule has 0 aliphatic heterocycles. The van der Waals surface area contributed by atoms with Crippen LogP contribution in [-0.2, 0) is 0 Å². The highest BCUT2D eigenvalue weighted by molar-refractivity contribution is 6.07. The molecular weight excluding hydrogens is 304 g/mol. The van der Waals surface area contributed by atoms with Crippen molar-refractivity contribution in [1.82, 2.24) is 0 Å². The minimum absolute atomic E-state index is 0.0841. The van der Waals surface area contributed by atoms with Crippen molar-refractivity contribution in [2.24, 2.45) is 0 Å². The van der Waals surface area contributed by atoms with E-state index in [1.54, 1.807) is 44.6 Å². The van der Waals surface area contributed by atoms with E-state index in [2.05, 4.69) is 0 Å². The van der Waals surface area contributed by atoms with Crippen LogP contribution in [0, 0.1) is 0 Å². The quantitative estimate of drug-likeness (QED) is 0.533. The zero-order valence-corrected chi connectivity index (χ0v) is 14.2. The smallest absolute Gasteiger partial charge is 0.185 e. The van der Waals surface area contributed by atoms with E-state index in [0.29, 0.717) is 29.4 Å². The van der Waals surface area contributed by atoms with Crippen LogP contribution >= 0.6 is 0 Å². The topological polar surface area (TPSA) is 44.8 Å². The average molecular weight is 326 g/mol. The fourth-order valence-electron chi connectivity index (χ4n) is 2.16. The normalized spacial score (nSPS) is 10.6.